The monoisotopic (exact) mass is 260 g/mol. The Morgan fingerprint density at radius 2 is 1.95 bits per heavy atom. The number of anilines is 1. The average Bonchev–Trinajstić information content (AvgIpc) is 2.70. The van der Waals surface area contributed by atoms with Crippen molar-refractivity contribution in [3.05, 3.63) is 29.0 Å². The van der Waals surface area contributed by atoms with E-state index in [1.54, 1.807) is 7.11 Å². The van der Waals surface area contributed by atoms with E-state index in [1.165, 1.54) is 0 Å². The number of nitrogens with two attached hydrogens (primary N) is 1. The van der Waals surface area contributed by atoms with E-state index in [-0.39, 0.29) is 11.9 Å². The predicted molar refractivity (Wildman–Crippen MR) is 76.5 cm³/mol. The van der Waals surface area contributed by atoms with E-state index >= 15 is 0 Å². The molecule has 4 nitrogen and oxygen atoms in total. The maximum absolute atomic E-state index is 5.71. The van der Waals surface area contributed by atoms with Crippen molar-refractivity contribution >= 4 is 6.01 Å². The maximum Gasteiger partial charge on any atom is 0.292 e. The van der Waals surface area contributed by atoms with E-state index in [0.29, 0.717) is 5.76 Å². The van der Waals surface area contributed by atoms with E-state index in [0.717, 1.165) is 28.1 Å². The fourth-order valence-electron chi connectivity index (χ4n) is 2.30. The molecule has 0 spiro atoms. The molecule has 0 unspecified atom stereocenters. The van der Waals surface area contributed by atoms with E-state index in [4.69, 9.17) is 14.9 Å². The molecule has 0 fully saturated rings. The molecular weight excluding hydrogens is 240 g/mol. The second-order valence-electron chi connectivity index (χ2n) is 5.08. The standard InChI is InChI=1S/C15H20N2O2/c1-8(2)13-14(19-15(16)17-13)12-10(4)6-9(3)7-11(12)18-5/h6-8H,1-5H3,(H2,16,17). The Morgan fingerprint density at radius 1 is 1.26 bits per heavy atom. The molecule has 1 aromatic carbocycles. The number of oxazole rings is 1. The molecule has 0 saturated carbocycles. The summed E-state index contributed by atoms with van der Waals surface area (Å²) in [4.78, 5) is 4.28. The van der Waals surface area contributed by atoms with E-state index in [9.17, 15) is 0 Å². The number of benzene rings is 1. The molecule has 0 atom stereocenters. The Bertz CT molecular complexity index is 600. The third-order valence-corrected chi connectivity index (χ3v) is 3.11. The Hall–Kier alpha value is -1.97. The van der Waals surface area contributed by atoms with Gasteiger partial charge in [0.05, 0.1) is 18.4 Å². The largest absolute Gasteiger partial charge is 0.496 e. The Balaban J connectivity index is 2.71. The summed E-state index contributed by atoms with van der Waals surface area (Å²) >= 11 is 0. The fraction of sp³-hybridized carbons (Fsp3) is 0.400. The van der Waals surface area contributed by atoms with E-state index in [2.05, 4.69) is 24.9 Å². The van der Waals surface area contributed by atoms with Crippen LogP contribution in [0.5, 0.6) is 5.75 Å². The van der Waals surface area contributed by atoms with Crippen LogP contribution < -0.4 is 10.5 Å². The zero-order valence-corrected chi connectivity index (χ0v) is 12.1. The molecule has 0 aliphatic rings. The smallest absolute Gasteiger partial charge is 0.292 e. The quantitative estimate of drug-likeness (QED) is 0.914. The van der Waals surface area contributed by atoms with Crippen LogP contribution in [0.3, 0.4) is 0 Å². The first kappa shape index (κ1) is 13.5. The Labute approximate surface area is 113 Å². The molecule has 0 amide bonds. The van der Waals surface area contributed by atoms with Crippen molar-refractivity contribution in [2.24, 2.45) is 0 Å². The highest BCUT2D eigenvalue weighted by Gasteiger charge is 2.21. The minimum Gasteiger partial charge on any atom is -0.496 e. The number of hydrogen-bond donors (Lipinski definition) is 1. The number of aromatic nitrogens is 1. The van der Waals surface area contributed by atoms with Gasteiger partial charge in [-0.05, 0) is 37.0 Å². The number of aryl methyl sites for hydroxylation is 2. The molecule has 4 heteroatoms. The number of nitrogens with zero attached hydrogens (tertiary/aromatic N) is 1. The van der Waals surface area contributed by atoms with Crippen LogP contribution in [0.1, 0.15) is 36.6 Å². The zero-order chi connectivity index (χ0) is 14.2. The lowest BCUT2D eigenvalue weighted by Crippen LogP contribution is -1.96. The van der Waals surface area contributed by atoms with Crippen molar-refractivity contribution in [1.82, 2.24) is 4.98 Å². The molecule has 19 heavy (non-hydrogen) atoms. The van der Waals surface area contributed by atoms with Gasteiger partial charge in [-0.2, -0.15) is 4.98 Å². The van der Waals surface area contributed by atoms with Crippen LogP contribution in [0.25, 0.3) is 11.3 Å². The molecule has 0 saturated heterocycles. The summed E-state index contributed by atoms with van der Waals surface area (Å²) in [6.07, 6.45) is 0. The van der Waals surface area contributed by atoms with Gasteiger partial charge >= 0.3 is 0 Å². The summed E-state index contributed by atoms with van der Waals surface area (Å²) in [6, 6.07) is 4.28. The minimum atomic E-state index is 0.195. The highest BCUT2D eigenvalue weighted by atomic mass is 16.5. The van der Waals surface area contributed by atoms with Gasteiger partial charge in [-0.3, -0.25) is 0 Å². The normalized spacial score (nSPS) is 11.1. The molecular formula is C15H20N2O2. The second kappa shape index (κ2) is 4.96. The number of hydrogen-bond acceptors (Lipinski definition) is 4. The molecule has 0 radical (unpaired) electrons. The number of rotatable bonds is 3. The van der Waals surface area contributed by atoms with Crippen LogP contribution in [0.4, 0.5) is 6.01 Å². The lowest BCUT2D eigenvalue weighted by atomic mass is 9.98. The molecule has 0 aliphatic carbocycles. The van der Waals surface area contributed by atoms with Crippen molar-refractivity contribution in [3.8, 4) is 17.1 Å². The summed E-state index contributed by atoms with van der Waals surface area (Å²) in [5, 5.41) is 0. The van der Waals surface area contributed by atoms with E-state index in [1.807, 2.05) is 19.9 Å². The molecule has 2 N–H and O–H groups in total. The maximum atomic E-state index is 5.71. The van der Waals surface area contributed by atoms with Gasteiger partial charge in [-0.1, -0.05) is 19.9 Å². The number of nitrogen functional groups attached to an aromatic ring is 1. The first-order valence-corrected chi connectivity index (χ1v) is 6.35. The summed E-state index contributed by atoms with van der Waals surface area (Å²) < 4.78 is 11.1. The van der Waals surface area contributed by atoms with Gasteiger partial charge in [0.15, 0.2) is 5.76 Å². The molecule has 0 aliphatic heterocycles. The van der Waals surface area contributed by atoms with Gasteiger partial charge in [-0.25, -0.2) is 0 Å². The topological polar surface area (TPSA) is 61.3 Å². The Morgan fingerprint density at radius 3 is 2.53 bits per heavy atom. The van der Waals surface area contributed by atoms with Crippen LogP contribution in [-0.4, -0.2) is 12.1 Å². The van der Waals surface area contributed by atoms with Crippen LogP contribution in [0.2, 0.25) is 0 Å². The summed E-state index contributed by atoms with van der Waals surface area (Å²) in [5.41, 5.74) is 9.74. The number of methoxy groups -OCH3 is 1. The highest BCUT2D eigenvalue weighted by molar-refractivity contribution is 5.73. The van der Waals surface area contributed by atoms with Gasteiger partial charge in [0, 0.05) is 0 Å². The fourth-order valence-corrected chi connectivity index (χ4v) is 2.30. The van der Waals surface area contributed by atoms with Gasteiger partial charge in [0.25, 0.3) is 6.01 Å². The van der Waals surface area contributed by atoms with Crippen molar-refractivity contribution < 1.29 is 9.15 Å². The van der Waals surface area contributed by atoms with Crippen molar-refractivity contribution in [2.75, 3.05) is 12.8 Å². The third kappa shape index (κ3) is 2.43. The SMILES string of the molecule is COc1cc(C)cc(C)c1-c1oc(N)nc1C(C)C. The lowest BCUT2D eigenvalue weighted by molar-refractivity contribution is 0.414. The average molecular weight is 260 g/mol. The summed E-state index contributed by atoms with van der Waals surface area (Å²) in [5.74, 6) is 1.74. The first-order chi connectivity index (χ1) is 8.93. The van der Waals surface area contributed by atoms with Gasteiger partial charge in [-0.15, -0.1) is 0 Å². The van der Waals surface area contributed by atoms with Crippen LogP contribution >= 0.6 is 0 Å². The molecule has 2 rings (SSSR count). The summed E-state index contributed by atoms with van der Waals surface area (Å²) in [6.45, 7) is 8.21. The number of ether oxygens (including phenoxy) is 1. The molecule has 102 valence electrons. The van der Waals surface area contributed by atoms with E-state index < -0.39 is 0 Å². The van der Waals surface area contributed by atoms with Crippen LogP contribution in [0, 0.1) is 13.8 Å². The van der Waals surface area contributed by atoms with Crippen molar-refractivity contribution in [3.63, 3.8) is 0 Å². The Kier molecular flexibility index (Phi) is 3.51. The van der Waals surface area contributed by atoms with Crippen LogP contribution in [-0.2, 0) is 0 Å². The second-order valence-corrected chi connectivity index (χ2v) is 5.08. The summed E-state index contributed by atoms with van der Waals surface area (Å²) in [7, 11) is 1.66. The third-order valence-electron chi connectivity index (χ3n) is 3.11. The molecule has 1 heterocycles. The van der Waals surface area contributed by atoms with Crippen molar-refractivity contribution in [1.29, 1.82) is 0 Å². The van der Waals surface area contributed by atoms with Crippen molar-refractivity contribution in [2.45, 2.75) is 33.6 Å². The molecule has 2 aromatic rings. The molecule has 0 bridgehead atoms. The highest BCUT2D eigenvalue weighted by Crippen LogP contribution is 2.39. The van der Waals surface area contributed by atoms with Gasteiger partial charge in [0.2, 0.25) is 0 Å². The minimum absolute atomic E-state index is 0.195. The lowest BCUT2D eigenvalue weighted by Gasteiger charge is -2.12. The zero-order valence-electron chi connectivity index (χ0n) is 12.1. The van der Waals surface area contributed by atoms with Gasteiger partial charge in [0.1, 0.15) is 5.75 Å². The first-order valence-electron chi connectivity index (χ1n) is 6.35. The van der Waals surface area contributed by atoms with Gasteiger partial charge < -0.3 is 14.9 Å². The predicted octanol–water partition coefficient (Wildman–Crippen LogP) is 3.67. The molecule has 1 aromatic heterocycles. The van der Waals surface area contributed by atoms with Crippen LogP contribution in [0.15, 0.2) is 16.5 Å².